The summed E-state index contributed by atoms with van der Waals surface area (Å²) in [6.45, 7) is 0. The molecule has 0 bridgehead atoms. The van der Waals surface area contributed by atoms with E-state index < -0.39 is 10.0 Å². The molecule has 0 unspecified atom stereocenters. The van der Waals surface area contributed by atoms with Crippen molar-refractivity contribution in [2.75, 3.05) is 14.1 Å². The van der Waals surface area contributed by atoms with Crippen molar-refractivity contribution >= 4 is 15.9 Å². The minimum atomic E-state index is -3.87. The topological polar surface area (TPSA) is 89.7 Å². The van der Waals surface area contributed by atoms with Crippen LogP contribution < -0.4 is 9.88 Å². The fourth-order valence-corrected chi connectivity index (χ4v) is 2.14. The lowest BCUT2D eigenvalue weighted by Gasteiger charge is -2.13. The maximum Gasteiger partial charge on any atom is 0.253 e. The molecule has 1 aromatic rings. The van der Waals surface area contributed by atoms with E-state index in [1.165, 1.54) is 23.1 Å². The van der Waals surface area contributed by atoms with Gasteiger partial charge in [0.15, 0.2) is 0 Å². The third kappa shape index (κ3) is 3.45. The van der Waals surface area contributed by atoms with Crippen LogP contribution in [0.4, 0.5) is 0 Å². The van der Waals surface area contributed by atoms with Crippen LogP contribution in [0.5, 0.6) is 5.75 Å². The summed E-state index contributed by atoms with van der Waals surface area (Å²) in [5, 5.41) is 5.11. The van der Waals surface area contributed by atoms with Crippen molar-refractivity contribution in [2.24, 2.45) is 5.14 Å². The van der Waals surface area contributed by atoms with Gasteiger partial charge in [-0.15, -0.1) is 0 Å². The van der Waals surface area contributed by atoms with E-state index >= 15 is 0 Å². The molecule has 0 atom stereocenters. The van der Waals surface area contributed by atoms with Crippen molar-refractivity contribution in [3.05, 3.63) is 23.8 Å². The molecule has 0 heterocycles. The summed E-state index contributed by atoms with van der Waals surface area (Å²) in [5.41, 5.74) is 0.243. The molecule has 1 aliphatic rings. The molecular weight excluding hydrogens is 268 g/mol. The Morgan fingerprint density at radius 2 is 1.95 bits per heavy atom. The first-order chi connectivity index (χ1) is 8.77. The van der Waals surface area contributed by atoms with Crippen LogP contribution >= 0.6 is 0 Å². The van der Waals surface area contributed by atoms with Crippen molar-refractivity contribution in [3.8, 4) is 5.75 Å². The molecule has 6 nitrogen and oxygen atoms in total. The van der Waals surface area contributed by atoms with E-state index in [2.05, 4.69) is 0 Å². The van der Waals surface area contributed by atoms with E-state index in [1.54, 1.807) is 14.1 Å². The van der Waals surface area contributed by atoms with E-state index in [1.807, 2.05) is 0 Å². The Kier molecular flexibility index (Phi) is 3.51. The zero-order valence-corrected chi connectivity index (χ0v) is 11.6. The second kappa shape index (κ2) is 4.82. The second-order valence-electron chi connectivity index (χ2n) is 4.75. The van der Waals surface area contributed by atoms with Crippen LogP contribution in [-0.4, -0.2) is 39.4 Å². The van der Waals surface area contributed by atoms with Gasteiger partial charge in [-0.2, -0.15) is 0 Å². The lowest BCUT2D eigenvalue weighted by molar-refractivity contribution is 0.0827. The lowest BCUT2D eigenvalue weighted by Crippen LogP contribution is -2.22. The van der Waals surface area contributed by atoms with Crippen LogP contribution in [-0.2, 0) is 10.0 Å². The van der Waals surface area contributed by atoms with Crippen LogP contribution in [0.1, 0.15) is 23.2 Å². The fraction of sp³-hybridized carbons (Fsp3) is 0.417. The molecule has 1 saturated carbocycles. The number of rotatable bonds is 4. The van der Waals surface area contributed by atoms with Gasteiger partial charge in [-0.1, -0.05) is 0 Å². The monoisotopic (exact) mass is 284 g/mol. The maximum atomic E-state index is 11.9. The first-order valence-corrected chi connectivity index (χ1v) is 7.38. The van der Waals surface area contributed by atoms with E-state index in [4.69, 9.17) is 9.88 Å². The number of sulfonamides is 1. The van der Waals surface area contributed by atoms with Crippen LogP contribution in [0.2, 0.25) is 0 Å². The number of hydrogen-bond acceptors (Lipinski definition) is 4. The van der Waals surface area contributed by atoms with E-state index in [9.17, 15) is 13.2 Å². The van der Waals surface area contributed by atoms with E-state index in [-0.39, 0.29) is 22.5 Å². The van der Waals surface area contributed by atoms with Crippen molar-refractivity contribution in [1.82, 2.24) is 4.90 Å². The van der Waals surface area contributed by atoms with Gasteiger partial charge in [0.25, 0.3) is 5.91 Å². The third-order valence-corrected chi connectivity index (χ3v) is 3.58. The van der Waals surface area contributed by atoms with Gasteiger partial charge in [0.05, 0.1) is 11.0 Å². The van der Waals surface area contributed by atoms with E-state index in [0.29, 0.717) is 5.75 Å². The first kappa shape index (κ1) is 13.8. The molecule has 104 valence electrons. The average Bonchev–Trinajstić information content (AvgIpc) is 3.10. The Hall–Kier alpha value is -1.60. The normalized spacial score (nSPS) is 15.1. The summed E-state index contributed by atoms with van der Waals surface area (Å²) >= 11 is 0. The largest absolute Gasteiger partial charge is 0.490 e. The number of nitrogens with two attached hydrogens (primary N) is 1. The predicted molar refractivity (Wildman–Crippen MR) is 69.5 cm³/mol. The molecule has 1 aromatic carbocycles. The molecule has 1 fully saturated rings. The van der Waals surface area contributed by atoms with E-state index in [0.717, 1.165) is 12.8 Å². The number of nitrogens with zero attached hydrogens (tertiary/aromatic N) is 1. The minimum Gasteiger partial charge on any atom is -0.490 e. The van der Waals surface area contributed by atoms with Gasteiger partial charge in [-0.25, -0.2) is 13.6 Å². The second-order valence-corrected chi connectivity index (χ2v) is 6.32. The number of ether oxygens (including phenoxy) is 1. The van der Waals surface area contributed by atoms with Gasteiger partial charge in [-0.3, -0.25) is 4.79 Å². The summed E-state index contributed by atoms with van der Waals surface area (Å²) in [4.78, 5) is 13.2. The highest BCUT2D eigenvalue weighted by molar-refractivity contribution is 7.89. The Bertz CT molecular complexity index is 606. The van der Waals surface area contributed by atoms with Crippen LogP contribution in [0.3, 0.4) is 0 Å². The highest BCUT2D eigenvalue weighted by Crippen LogP contribution is 2.29. The number of benzene rings is 1. The Morgan fingerprint density at radius 3 is 2.42 bits per heavy atom. The van der Waals surface area contributed by atoms with Crippen LogP contribution in [0.25, 0.3) is 0 Å². The summed E-state index contributed by atoms with van der Waals surface area (Å²) in [7, 11) is -0.692. The molecule has 1 amide bonds. The van der Waals surface area contributed by atoms with Crippen LogP contribution in [0, 0.1) is 0 Å². The SMILES string of the molecule is CN(C)C(=O)c1cc(OC2CC2)cc(S(N)(=O)=O)c1. The lowest BCUT2D eigenvalue weighted by atomic mass is 10.2. The van der Waals surface area contributed by atoms with Gasteiger partial charge in [0.1, 0.15) is 5.75 Å². The number of carbonyl (C=O) groups is 1. The maximum absolute atomic E-state index is 11.9. The fourth-order valence-electron chi connectivity index (χ4n) is 1.56. The third-order valence-electron chi connectivity index (χ3n) is 2.69. The number of primary sulfonamides is 1. The quantitative estimate of drug-likeness (QED) is 0.875. The molecule has 0 aromatic heterocycles. The molecule has 0 aliphatic heterocycles. The van der Waals surface area contributed by atoms with Gasteiger partial charge in [-0.05, 0) is 25.0 Å². The van der Waals surface area contributed by atoms with Gasteiger partial charge >= 0.3 is 0 Å². The van der Waals surface area contributed by atoms with Crippen molar-refractivity contribution in [3.63, 3.8) is 0 Å². The van der Waals surface area contributed by atoms with Gasteiger partial charge in [0, 0.05) is 25.7 Å². The Morgan fingerprint density at radius 1 is 1.32 bits per heavy atom. The van der Waals surface area contributed by atoms with Gasteiger partial charge in [0.2, 0.25) is 10.0 Å². The number of hydrogen-bond donors (Lipinski definition) is 1. The zero-order valence-electron chi connectivity index (χ0n) is 10.8. The molecule has 0 saturated heterocycles. The average molecular weight is 284 g/mol. The molecule has 19 heavy (non-hydrogen) atoms. The van der Waals surface area contributed by atoms with Crippen molar-refractivity contribution < 1.29 is 17.9 Å². The molecule has 2 rings (SSSR count). The molecule has 1 aliphatic carbocycles. The van der Waals surface area contributed by atoms with Crippen molar-refractivity contribution in [2.45, 2.75) is 23.8 Å². The smallest absolute Gasteiger partial charge is 0.253 e. The Labute approximate surface area is 112 Å². The summed E-state index contributed by atoms with van der Waals surface area (Å²) < 4.78 is 28.4. The zero-order chi connectivity index (χ0) is 14.2. The van der Waals surface area contributed by atoms with Crippen LogP contribution in [0.15, 0.2) is 23.1 Å². The number of amides is 1. The summed E-state index contributed by atoms with van der Waals surface area (Å²) in [5.74, 6) is 0.0605. The minimum absolute atomic E-state index is 0.109. The molecule has 0 radical (unpaired) electrons. The van der Waals surface area contributed by atoms with Crippen molar-refractivity contribution in [1.29, 1.82) is 0 Å². The Balaban J connectivity index is 2.44. The predicted octanol–water partition coefficient (Wildman–Crippen LogP) is 0.577. The highest BCUT2D eigenvalue weighted by atomic mass is 32.2. The first-order valence-electron chi connectivity index (χ1n) is 5.83. The number of carbonyl (C=O) groups excluding carboxylic acids is 1. The molecule has 0 spiro atoms. The summed E-state index contributed by atoms with van der Waals surface area (Å²) in [6.07, 6.45) is 1.99. The molecular formula is C12H16N2O4S. The van der Waals surface area contributed by atoms with Gasteiger partial charge < -0.3 is 9.64 Å². The molecule has 2 N–H and O–H groups in total. The summed E-state index contributed by atoms with van der Waals surface area (Å²) in [6, 6.07) is 4.15. The standard InChI is InChI=1S/C12H16N2O4S/c1-14(2)12(15)8-5-10(18-9-3-4-9)7-11(6-8)19(13,16)17/h5-7,9H,3-4H2,1-2H3,(H2,13,16,17). The highest BCUT2D eigenvalue weighted by Gasteiger charge is 2.25. The molecule has 7 heteroatoms.